The maximum absolute atomic E-state index is 10.8. The average Bonchev–Trinajstić information content (AvgIpc) is 2.31. The Hall–Kier alpha value is -0.240. The van der Waals surface area contributed by atoms with Gasteiger partial charge in [0.1, 0.15) is 0 Å². The molecule has 1 N–H and O–H groups in total. The standard InChI is InChI=1S/C16H22Cl2O/c1-10-5-4-8-16(2,3)14(10)15(19)11-6-7-12(17)13(18)9-11/h6-7,9-10,14-15,19H,4-5,8H2,1-3H3/t10-,14-,15+/m0/s1. The zero-order chi connectivity index (χ0) is 14.2. The molecule has 1 aliphatic rings. The minimum Gasteiger partial charge on any atom is -0.388 e. The molecule has 106 valence electrons. The second-order valence-electron chi connectivity index (χ2n) is 6.50. The van der Waals surface area contributed by atoms with Crippen LogP contribution < -0.4 is 0 Å². The molecule has 0 spiro atoms. The Morgan fingerprint density at radius 3 is 2.53 bits per heavy atom. The molecule has 0 unspecified atom stereocenters. The molecule has 1 saturated carbocycles. The molecule has 2 rings (SSSR count). The average molecular weight is 301 g/mol. The third kappa shape index (κ3) is 3.09. The van der Waals surface area contributed by atoms with Gasteiger partial charge in [0.05, 0.1) is 16.1 Å². The second-order valence-corrected chi connectivity index (χ2v) is 7.32. The van der Waals surface area contributed by atoms with Gasteiger partial charge in [-0.3, -0.25) is 0 Å². The van der Waals surface area contributed by atoms with E-state index in [0.29, 0.717) is 16.0 Å². The third-order valence-corrected chi connectivity index (χ3v) is 5.36. The van der Waals surface area contributed by atoms with E-state index in [9.17, 15) is 5.11 Å². The van der Waals surface area contributed by atoms with Crippen LogP contribution >= 0.6 is 23.2 Å². The molecule has 0 saturated heterocycles. The van der Waals surface area contributed by atoms with Crippen LogP contribution in [0.25, 0.3) is 0 Å². The number of rotatable bonds is 2. The summed E-state index contributed by atoms with van der Waals surface area (Å²) in [6.07, 6.45) is 3.13. The van der Waals surface area contributed by atoms with Crippen molar-refractivity contribution in [3.8, 4) is 0 Å². The van der Waals surface area contributed by atoms with E-state index < -0.39 is 6.10 Å². The molecule has 1 fully saturated rings. The summed E-state index contributed by atoms with van der Waals surface area (Å²) >= 11 is 12.0. The predicted octanol–water partition coefficient (Wildman–Crippen LogP) is 5.49. The van der Waals surface area contributed by atoms with Crippen molar-refractivity contribution in [1.29, 1.82) is 0 Å². The minimum atomic E-state index is -0.472. The van der Waals surface area contributed by atoms with Crippen molar-refractivity contribution in [3.63, 3.8) is 0 Å². The lowest BCUT2D eigenvalue weighted by Crippen LogP contribution is -2.37. The molecule has 0 heterocycles. The van der Waals surface area contributed by atoms with E-state index in [1.165, 1.54) is 19.3 Å². The molecule has 1 aromatic carbocycles. The van der Waals surface area contributed by atoms with Gasteiger partial charge in [0.2, 0.25) is 0 Å². The lowest BCUT2D eigenvalue weighted by Gasteiger charge is -2.45. The first-order valence-corrected chi connectivity index (χ1v) is 7.71. The van der Waals surface area contributed by atoms with Crippen molar-refractivity contribution in [2.24, 2.45) is 17.3 Å². The number of halogens is 2. The quantitative estimate of drug-likeness (QED) is 0.766. The van der Waals surface area contributed by atoms with Crippen LogP contribution in [0.1, 0.15) is 51.7 Å². The first-order chi connectivity index (χ1) is 8.83. The summed E-state index contributed by atoms with van der Waals surface area (Å²) in [5.41, 5.74) is 1.03. The Morgan fingerprint density at radius 2 is 1.95 bits per heavy atom. The van der Waals surface area contributed by atoms with Gasteiger partial charge in [0.25, 0.3) is 0 Å². The topological polar surface area (TPSA) is 20.2 Å². The number of hydrogen-bond donors (Lipinski definition) is 1. The fourth-order valence-electron chi connectivity index (χ4n) is 3.64. The predicted molar refractivity (Wildman–Crippen MR) is 81.7 cm³/mol. The molecule has 3 atom stereocenters. The van der Waals surface area contributed by atoms with Crippen LogP contribution in [0.15, 0.2) is 18.2 Å². The zero-order valence-corrected chi connectivity index (χ0v) is 13.3. The van der Waals surface area contributed by atoms with Gasteiger partial charge in [0.15, 0.2) is 0 Å². The molecule has 19 heavy (non-hydrogen) atoms. The van der Waals surface area contributed by atoms with E-state index in [1.54, 1.807) is 12.1 Å². The van der Waals surface area contributed by atoms with Gasteiger partial charge in [-0.05, 0) is 41.4 Å². The molecule has 0 amide bonds. The summed E-state index contributed by atoms with van der Waals surface area (Å²) < 4.78 is 0. The second kappa shape index (κ2) is 5.63. The van der Waals surface area contributed by atoms with Crippen LogP contribution in [0.4, 0.5) is 0 Å². The summed E-state index contributed by atoms with van der Waals surface area (Å²) in [7, 11) is 0. The van der Waals surface area contributed by atoms with Crippen LogP contribution in [0, 0.1) is 17.3 Å². The van der Waals surface area contributed by atoms with Gasteiger partial charge in [0, 0.05) is 0 Å². The molecule has 1 nitrogen and oxygen atoms in total. The number of benzene rings is 1. The lowest BCUT2D eigenvalue weighted by molar-refractivity contribution is -0.0292. The Bertz CT molecular complexity index is 456. The lowest BCUT2D eigenvalue weighted by atomic mass is 9.61. The smallest absolute Gasteiger partial charge is 0.0826 e. The van der Waals surface area contributed by atoms with Crippen molar-refractivity contribution < 1.29 is 5.11 Å². The minimum absolute atomic E-state index is 0.156. The zero-order valence-electron chi connectivity index (χ0n) is 11.8. The van der Waals surface area contributed by atoms with Crippen molar-refractivity contribution in [3.05, 3.63) is 33.8 Å². The van der Waals surface area contributed by atoms with E-state index in [4.69, 9.17) is 23.2 Å². The number of aliphatic hydroxyl groups excluding tert-OH is 1. The Kier molecular flexibility index (Phi) is 4.49. The Balaban J connectivity index is 2.30. The van der Waals surface area contributed by atoms with Crippen LogP contribution in [0.2, 0.25) is 10.0 Å². The van der Waals surface area contributed by atoms with E-state index in [0.717, 1.165) is 5.56 Å². The summed E-state index contributed by atoms with van der Waals surface area (Å²) in [5.74, 6) is 0.784. The van der Waals surface area contributed by atoms with Gasteiger partial charge in [-0.15, -0.1) is 0 Å². The van der Waals surface area contributed by atoms with Crippen LogP contribution in [0.5, 0.6) is 0 Å². The molecule has 0 radical (unpaired) electrons. The summed E-state index contributed by atoms with van der Waals surface area (Å²) in [6.45, 7) is 6.76. The largest absolute Gasteiger partial charge is 0.388 e. The highest BCUT2D eigenvalue weighted by molar-refractivity contribution is 6.42. The highest BCUT2D eigenvalue weighted by Gasteiger charge is 2.41. The first-order valence-electron chi connectivity index (χ1n) is 6.96. The van der Waals surface area contributed by atoms with E-state index >= 15 is 0 Å². The Morgan fingerprint density at radius 1 is 1.26 bits per heavy atom. The van der Waals surface area contributed by atoms with Crippen molar-refractivity contribution in [2.45, 2.75) is 46.1 Å². The van der Waals surface area contributed by atoms with E-state index in [-0.39, 0.29) is 11.3 Å². The Labute approximate surface area is 125 Å². The molecule has 1 aliphatic carbocycles. The van der Waals surface area contributed by atoms with Crippen LogP contribution in [0.3, 0.4) is 0 Å². The van der Waals surface area contributed by atoms with Crippen molar-refractivity contribution in [2.75, 3.05) is 0 Å². The summed E-state index contributed by atoms with van der Waals surface area (Å²) in [6, 6.07) is 5.45. The van der Waals surface area contributed by atoms with Crippen LogP contribution in [-0.4, -0.2) is 5.11 Å². The third-order valence-electron chi connectivity index (χ3n) is 4.62. The van der Waals surface area contributed by atoms with Gasteiger partial charge in [-0.25, -0.2) is 0 Å². The molecular formula is C16H22Cl2O. The summed E-state index contributed by atoms with van der Waals surface area (Å²) in [4.78, 5) is 0. The molecule has 1 aromatic rings. The number of aliphatic hydroxyl groups is 1. The maximum atomic E-state index is 10.8. The van der Waals surface area contributed by atoms with Crippen molar-refractivity contribution >= 4 is 23.2 Å². The maximum Gasteiger partial charge on any atom is 0.0826 e. The fraction of sp³-hybridized carbons (Fsp3) is 0.625. The van der Waals surface area contributed by atoms with Crippen molar-refractivity contribution in [1.82, 2.24) is 0 Å². The van der Waals surface area contributed by atoms with Gasteiger partial charge in [-0.1, -0.05) is 62.9 Å². The van der Waals surface area contributed by atoms with E-state index in [2.05, 4.69) is 20.8 Å². The molecule has 3 heteroatoms. The molecular weight excluding hydrogens is 279 g/mol. The first kappa shape index (κ1) is 15.2. The number of hydrogen-bond acceptors (Lipinski definition) is 1. The van der Waals surface area contributed by atoms with Gasteiger partial charge in [-0.2, -0.15) is 0 Å². The van der Waals surface area contributed by atoms with Crippen LogP contribution in [-0.2, 0) is 0 Å². The molecule has 0 aliphatic heterocycles. The van der Waals surface area contributed by atoms with Gasteiger partial charge < -0.3 is 5.11 Å². The molecule has 0 aromatic heterocycles. The summed E-state index contributed by atoms with van der Waals surface area (Å²) in [5, 5.41) is 11.8. The SMILES string of the molecule is C[C@H]1CCCC(C)(C)[C@@H]1[C@H](O)c1ccc(Cl)c(Cl)c1. The fourth-order valence-corrected chi connectivity index (χ4v) is 3.94. The highest BCUT2D eigenvalue weighted by Crippen LogP contribution is 2.49. The van der Waals surface area contributed by atoms with Gasteiger partial charge >= 0.3 is 0 Å². The highest BCUT2D eigenvalue weighted by atomic mass is 35.5. The molecule has 0 bridgehead atoms. The monoisotopic (exact) mass is 300 g/mol. The normalized spacial score (nSPS) is 28.1. The van der Waals surface area contributed by atoms with E-state index in [1.807, 2.05) is 6.07 Å².